The molecule has 13 heavy (non-hydrogen) atoms. The number of halogens is 2. The molecule has 0 unspecified atom stereocenters. The van der Waals surface area contributed by atoms with Gasteiger partial charge in [0, 0.05) is 11.6 Å². The van der Waals surface area contributed by atoms with E-state index in [0.29, 0.717) is 5.57 Å². The zero-order valence-corrected chi connectivity index (χ0v) is 7.22. The number of aliphatic hydroxyl groups is 1. The first-order chi connectivity index (χ1) is 6.13. The molecule has 0 aliphatic rings. The molecular weight excluding hydrogens is 174 g/mol. The van der Waals surface area contributed by atoms with Crippen molar-refractivity contribution < 1.29 is 13.9 Å². The Hall–Kier alpha value is -1.22. The van der Waals surface area contributed by atoms with Crippen molar-refractivity contribution in [2.24, 2.45) is 0 Å². The van der Waals surface area contributed by atoms with Crippen LogP contribution in [0.3, 0.4) is 0 Å². The molecule has 0 radical (unpaired) electrons. The van der Waals surface area contributed by atoms with Gasteiger partial charge < -0.3 is 5.11 Å². The van der Waals surface area contributed by atoms with Crippen LogP contribution in [0.1, 0.15) is 12.5 Å². The van der Waals surface area contributed by atoms with Crippen molar-refractivity contribution in [2.75, 3.05) is 6.61 Å². The van der Waals surface area contributed by atoms with Crippen LogP contribution in [0.25, 0.3) is 6.08 Å². The van der Waals surface area contributed by atoms with Gasteiger partial charge in [-0.15, -0.1) is 0 Å². The fourth-order valence-electron chi connectivity index (χ4n) is 0.930. The molecule has 0 aromatic heterocycles. The molecule has 0 heterocycles. The van der Waals surface area contributed by atoms with Crippen LogP contribution in [-0.4, -0.2) is 11.7 Å². The lowest BCUT2D eigenvalue weighted by atomic mass is 10.1. The lowest BCUT2D eigenvalue weighted by Crippen LogP contribution is -1.88. The van der Waals surface area contributed by atoms with Crippen LogP contribution < -0.4 is 0 Å². The summed E-state index contributed by atoms with van der Waals surface area (Å²) in [5.41, 5.74) is 0.915. The molecule has 1 rings (SSSR count). The summed E-state index contributed by atoms with van der Waals surface area (Å²) in [6.07, 6.45) is 1.48. The lowest BCUT2D eigenvalue weighted by molar-refractivity contribution is 0.332. The second kappa shape index (κ2) is 4.14. The van der Waals surface area contributed by atoms with Crippen LogP contribution in [0.5, 0.6) is 0 Å². The highest BCUT2D eigenvalue weighted by Crippen LogP contribution is 2.12. The smallest absolute Gasteiger partial charge is 0.133 e. The molecule has 3 heteroatoms. The highest BCUT2D eigenvalue weighted by atomic mass is 19.1. The summed E-state index contributed by atoms with van der Waals surface area (Å²) in [5, 5.41) is 8.68. The monoisotopic (exact) mass is 184 g/mol. The third-order valence-corrected chi connectivity index (χ3v) is 1.61. The van der Waals surface area contributed by atoms with Crippen molar-refractivity contribution in [3.63, 3.8) is 0 Å². The molecule has 0 aliphatic heterocycles. The molecule has 70 valence electrons. The van der Waals surface area contributed by atoms with E-state index in [9.17, 15) is 8.78 Å². The number of hydrogen-bond acceptors (Lipinski definition) is 1. The van der Waals surface area contributed by atoms with Gasteiger partial charge in [0.15, 0.2) is 0 Å². The molecule has 0 atom stereocenters. The minimum Gasteiger partial charge on any atom is -0.392 e. The minimum absolute atomic E-state index is 0.128. The van der Waals surface area contributed by atoms with Crippen molar-refractivity contribution in [3.05, 3.63) is 41.0 Å². The Labute approximate surface area is 75.3 Å². The van der Waals surface area contributed by atoms with E-state index in [1.807, 2.05) is 0 Å². The maximum absolute atomic E-state index is 13.0. The fourth-order valence-corrected chi connectivity index (χ4v) is 0.930. The molecule has 0 saturated heterocycles. The SMILES string of the molecule is CC(=Cc1ccc(F)cc1F)CO. The van der Waals surface area contributed by atoms with Crippen LogP contribution in [0, 0.1) is 11.6 Å². The highest BCUT2D eigenvalue weighted by Gasteiger charge is 2.00. The Morgan fingerprint density at radius 1 is 1.46 bits per heavy atom. The fraction of sp³-hybridized carbons (Fsp3) is 0.200. The summed E-state index contributed by atoms with van der Waals surface area (Å²) in [6.45, 7) is 1.54. The Morgan fingerprint density at radius 2 is 2.15 bits per heavy atom. The van der Waals surface area contributed by atoms with Crippen molar-refractivity contribution in [1.82, 2.24) is 0 Å². The predicted octanol–water partition coefficient (Wildman–Crippen LogP) is 2.36. The van der Waals surface area contributed by atoms with E-state index in [1.54, 1.807) is 6.92 Å². The second-order valence-corrected chi connectivity index (χ2v) is 2.81. The van der Waals surface area contributed by atoms with E-state index in [0.717, 1.165) is 6.07 Å². The molecule has 1 nitrogen and oxygen atoms in total. The number of benzene rings is 1. The minimum atomic E-state index is -0.618. The lowest BCUT2D eigenvalue weighted by Gasteiger charge is -1.98. The van der Waals surface area contributed by atoms with E-state index in [2.05, 4.69) is 0 Å². The highest BCUT2D eigenvalue weighted by molar-refractivity contribution is 5.53. The topological polar surface area (TPSA) is 20.2 Å². The van der Waals surface area contributed by atoms with Gasteiger partial charge in [0.1, 0.15) is 11.6 Å². The van der Waals surface area contributed by atoms with Gasteiger partial charge in [-0.1, -0.05) is 6.08 Å². The van der Waals surface area contributed by atoms with Crippen molar-refractivity contribution in [2.45, 2.75) is 6.92 Å². The summed E-state index contributed by atoms with van der Waals surface area (Å²) < 4.78 is 25.4. The van der Waals surface area contributed by atoms with Gasteiger partial charge in [0.05, 0.1) is 6.61 Å². The molecule has 0 saturated carbocycles. The predicted molar refractivity (Wildman–Crippen MR) is 47.1 cm³/mol. The zero-order valence-electron chi connectivity index (χ0n) is 7.22. The van der Waals surface area contributed by atoms with Gasteiger partial charge in [0.25, 0.3) is 0 Å². The van der Waals surface area contributed by atoms with Crippen LogP contribution in [-0.2, 0) is 0 Å². The van der Waals surface area contributed by atoms with Gasteiger partial charge in [0.2, 0.25) is 0 Å². The Kier molecular flexibility index (Phi) is 3.14. The molecule has 1 aromatic rings. The van der Waals surface area contributed by atoms with Gasteiger partial charge in [-0.25, -0.2) is 8.78 Å². The summed E-state index contributed by atoms with van der Waals surface area (Å²) in [4.78, 5) is 0. The first-order valence-corrected chi connectivity index (χ1v) is 3.86. The summed E-state index contributed by atoms with van der Waals surface area (Å²) in [7, 11) is 0. The number of aliphatic hydroxyl groups excluding tert-OH is 1. The van der Waals surface area contributed by atoms with Gasteiger partial charge >= 0.3 is 0 Å². The van der Waals surface area contributed by atoms with E-state index in [4.69, 9.17) is 5.11 Å². The first-order valence-electron chi connectivity index (χ1n) is 3.86. The summed E-state index contributed by atoms with van der Waals surface area (Å²) >= 11 is 0. The van der Waals surface area contributed by atoms with Crippen molar-refractivity contribution in [1.29, 1.82) is 0 Å². The number of rotatable bonds is 2. The first kappa shape index (κ1) is 9.86. The van der Waals surface area contributed by atoms with E-state index >= 15 is 0 Å². The number of hydrogen-bond donors (Lipinski definition) is 1. The quantitative estimate of drug-likeness (QED) is 0.748. The van der Waals surface area contributed by atoms with Gasteiger partial charge in [-0.3, -0.25) is 0 Å². The van der Waals surface area contributed by atoms with E-state index in [-0.39, 0.29) is 12.2 Å². The van der Waals surface area contributed by atoms with E-state index in [1.165, 1.54) is 18.2 Å². The van der Waals surface area contributed by atoms with Crippen LogP contribution in [0.15, 0.2) is 23.8 Å². The average Bonchev–Trinajstić information content (AvgIpc) is 2.09. The summed E-state index contributed by atoms with van der Waals surface area (Å²) in [5.74, 6) is -1.22. The Bertz CT molecular complexity index is 332. The molecule has 0 amide bonds. The third kappa shape index (κ3) is 2.63. The Morgan fingerprint density at radius 3 is 2.69 bits per heavy atom. The van der Waals surface area contributed by atoms with Crippen molar-refractivity contribution >= 4 is 6.08 Å². The largest absolute Gasteiger partial charge is 0.392 e. The molecule has 0 fully saturated rings. The normalized spacial score (nSPS) is 11.8. The maximum atomic E-state index is 13.0. The zero-order chi connectivity index (χ0) is 9.84. The second-order valence-electron chi connectivity index (χ2n) is 2.81. The van der Waals surface area contributed by atoms with Crippen LogP contribution in [0.2, 0.25) is 0 Å². The van der Waals surface area contributed by atoms with Crippen LogP contribution in [0.4, 0.5) is 8.78 Å². The molecule has 0 bridgehead atoms. The molecule has 0 aliphatic carbocycles. The van der Waals surface area contributed by atoms with Crippen molar-refractivity contribution in [3.8, 4) is 0 Å². The average molecular weight is 184 g/mol. The standard InChI is InChI=1S/C10H10F2O/c1-7(6-13)4-8-2-3-9(11)5-10(8)12/h2-5,13H,6H2,1H3. The molecule has 1 N–H and O–H groups in total. The molecule has 0 spiro atoms. The molecular formula is C10H10F2O. The van der Waals surface area contributed by atoms with Crippen LogP contribution >= 0.6 is 0 Å². The van der Waals surface area contributed by atoms with Gasteiger partial charge in [-0.2, -0.15) is 0 Å². The third-order valence-electron chi connectivity index (χ3n) is 1.61. The Balaban J connectivity index is 3.03. The molecule has 1 aromatic carbocycles. The van der Waals surface area contributed by atoms with E-state index < -0.39 is 11.6 Å². The maximum Gasteiger partial charge on any atom is 0.133 e. The summed E-state index contributed by atoms with van der Waals surface area (Å²) in [6, 6.07) is 3.33. The van der Waals surface area contributed by atoms with Gasteiger partial charge in [-0.05, 0) is 24.6 Å².